The summed E-state index contributed by atoms with van der Waals surface area (Å²) < 4.78 is 123. The number of rotatable bonds is 4. The van der Waals surface area contributed by atoms with Gasteiger partial charge in [-0.3, -0.25) is 0 Å². The number of benzene rings is 2. The van der Waals surface area contributed by atoms with Crippen LogP contribution in [0.3, 0.4) is 0 Å². The topological polar surface area (TPSA) is 52.6 Å². The van der Waals surface area contributed by atoms with Gasteiger partial charge in [-0.1, -0.05) is 12.2 Å². The molecule has 33 heavy (non-hydrogen) atoms. The van der Waals surface area contributed by atoms with Crippen molar-refractivity contribution in [1.29, 1.82) is 0 Å². The van der Waals surface area contributed by atoms with Crippen LogP contribution < -0.4 is 0 Å². The van der Waals surface area contributed by atoms with Crippen LogP contribution in [0.5, 0.6) is 0 Å². The monoisotopic (exact) mass is 478 g/mol. The molecule has 3 rings (SSSR count). The van der Waals surface area contributed by atoms with E-state index in [1.165, 1.54) is 0 Å². The van der Waals surface area contributed by atoms with E-state index in [9.17, 15) is 44.7 Å². The average Bonchev–Trinajstić information content (AvgIpc) is 3.25. The number of allylic oxidation sites excluding steroid dienone is 4. The normalized spacial score (nSPS) is 13.0. The number of methoxy groups -OCH3 is 2. The van der Waals surface area contributed by atoms with Crippen molar-refractivity contribution in [2.45, 2.75) is 6.42 Å². The fourth-order valence-electron chi connectivity index (χ4n) is 3.26. The first-order valence-corrected chi connectivity index (χ1v) is 8.76. The van der Waals surface area contributed by atoms with E-state index in [0.717, 1.165) is 12.2 Å². The predicted octanol–water partition coefficient (Wildman–Crippen LogP) is 5.24. The van der Waals surface area contributed by atoms with Crippen molar-refractivity contribution in [2.24, 2.45) is 0 Å². The molecule has 0 heterocycles. The Kier molecular flexibility index (Phi) is 6.30. The first-order valence-electron chi connectivity index (χ1n) is 8.76. The van der Waals surface area contributed by atoms with Crippen molar-refractivity contribution in [2.75, 3.05) is 14.2 Å². The molecule has 0 bridgehead atoms. The summed E-state index contributed by atoms with van der Waals surface area (Å²) in [7, 11) is 1.43. The highest BCUT2D eigenvalue weighted by molar-refractivity contribution is 5.93. The maximum Gasteiger partial charge on any atom is 0.344 e. The number of hydrogen-bond acceptors (Lipinski definition) is 4. The fourth-order valence-corrected chi connectivity index (χ4v) is 3.26. The minimum Gasteiger partial charge on any atom is -0.465 e. The maximum atomic E-state index is 14.5. The lowest BCUT2D eigenvalue weighted by molar-refractivity contribution is 0.0577. The molecule has 0 saturated carbocycles. The Hall–Kier alpha value is -3.70. The van der Waals surface area contributed by atoms with E-state index in [1.54, 1.807) is 0 Å². The molecular formula is C21H10F8O4. The lowest BCUT2D eigenvalue weighted by atomic mass is 9.95. The Morgan fingerprint density at radius 2 is 0.848 bits per heavy atom. The van der Waals surface area contributed by atoms with Crippen LogP contribution in [0, 0.1) is 46.5 Å². The lowest BCUT2D eigenvalue weighted by Crippen LogP contribution is -2.15. The van der Waals surface area contributed by atoms with Crippen molar-refractivity contribution < 1.29 is 54.2 Å². The van der Waals surface area contributed by atoms with Gasteiger partial charge in [-0.05, 0) is 17.6 Å². The Bertz CT molecular complexity index is 1120. The number of hydrogen-bond donors (Lipinski definition) is 0. The van der Waals surface area contributed by atoms with E-state index in [-0.39, 0.29) is 0 Å². The molecule has 0 amide bonds. The van der Waals surface area contributed by atoms with Crippen molar-refractivity contribution >= 4 is 23.1 Å². The summed E-state index contributed by atoms with van der Waals surface area (Å²) in [5, 5.41) is 0. The molecule has 0 radical (unpaired) electrons. The van der Waals surface area contributed by atoms with Crippen LogP contribution in [0.4, 0.5) is 35.1 Å². The quantitative estimate of drug-likeness (QED) is 0.343. The van der Waals surface area contributed by atoms with Crippen LogP contribution in [-0.4, -0.2) is 26.2 Å². The van der Waals surface area contributed by atoms with Crippen LogP contribution in [-0.2, 0) is 9.47 Å². The molecule has 0 saturated heterocycles. The number of esters is 2. The second-order valence-electron chi connectivity index (χ2n) is 6.56. The summed E-state index contributed by atoms with van der Waals surface area (Å²) >= 11 is 0. The summed E-state index contributed by atoms with van der Waals surface area (Å²) in [5.41, 5.74) is -7.02. The van der Waals surface area contributed by atoms with E-state index in [1.807, 2.05) is 0 Å². The van der Waals surface area contributed by atoms with Crippen molar-refractivity contribution in [3.8, 4) is 0 Å². The standard InChI is InChI=1S/C21H10F8O4/c1-32-20(30)10-16(26)12(22)8(13(23)17(10)27)6-3-4-7(5-6)9-14(24)18(28)11(21(31)33-2)19(29)15(9)25/h3-4H,5H2,1-2H3. The Morgan fingerprint density at radius 3 is 1.09 bits per heavy atom. The zero-order chi connectivity index (χ0) is 24.8. The second-order valence-corrected chi connectivity index (χ2v) is 6.56. The number of carbonyl (C=O) groups excluding carboxylic acids is 2. The van der Waals surface area contributed by atoms with Gasteiger partial charge in [0.1, 0.15) is 11.1 Å². The largest absolute Gasteiger partial charge is 0.465 e. The first kappa shape index (κ1) is 24.0. The summed E-state index contributed by atoms with van der Waals surface area (Å²) in [6, 6.07) is 0. The van der Waals surface area contributed by atoms with Crippen LogP contribution in [0.25, 0.3) is 11.1 Å². The number of halogens is 8. The number of ether oxygens (including phenoxy) is 2. The highest BCUT2D eigenvalue weighted by Gasteiger charge is 2.35. The Labute approximate surface area is 179 Å². The third-order valence-electron chi connectivity index (χ3n) is 4.81. The molecule has 0 spiro atoms. The Morgan fingerprint density at radius 1 is 0.576 bits per heavy atom. The second kappa shape index (κ2) is 8.68. The van der Waals surface area contributed by atoms with Gasteiger partial charge < -0.3 is 9.47 Å². The zero-order valence-electron chi connectivity index (χ0n) is 16.5. The first-order chi connectivity index (χ1) is 15.5. The molecule has 0 unspecified atom stereocenters. The molecule has 1 aliphatic rings. The van der Waals surface area contributed by atoms with Gasteiger partial charge in [-0.15, -0.1) is 0 Å². The van der Waals surface area contributed by atoms with E-state index in [0.29, 0.717) is 14.2 Å². The van der Waals surface area contributed by atoms with Gasteiger partial charge in [-0.2, -0.15) is 0 Å². The molecule has 2 aromatic carbocycles. The Balaban J connectivity index is 2.08. The van der Waals surface area contributed by atoms with Gasteiger partial charge in [0, 0.05) is 0 Å². The zero-order valence-corrected chi connectivity index (χ0v) is 16.5. The van der Waals surface area contributed by atoms with Crippen LogP contribution in [0.15, 0.2) is 12.2 Å². The van der Waals surface area contributed by atoms with Gasteiger partial charge in [0.2, 0.25) is 0 Å². The van der Waals surface area contributed by atoms with Gasteiger partial charge >= 0.3 is 11.9 Å². The van der Waals surface area contributed by atoms with E-state index in [4.69, 9.17) is 0 Å². The van der Waals surface area contributed by atoms with Crippen LogP contribution in [0.2, 0.25) is 0 Å². The lowest BCUT2D eigenvalue weighted by Gasteiger charge is -2.14. The highest BCUT2D eigenvalue weighted by atomic mass is 19.2. The summed E-state index contributed by atoms with van der Waals surface area (Å²) in [4.78, 5) is 22.8. The average molecular weight is 478 g/mol. The molecule has 0 N–H and O–H groups in total. The van der Waals surface area contributed by atoms with Crippen LogP contribution in [0.1, 0.15) is 38.3 Å². The van der Waals surface area contributed by atoms with Crippen molar-refractivity contribution in [3.05, 3.63) is 80.9 Å². The predicted molar refractivity (Wildman–Crippen MR) is 95.8 cm³/mol. The molecule has 1 aliphatic carbocycles. The van der Waals surface area contributed by atoms with Crippen molar-refractivity contribution in [1.82, 2.24) is 0 Å². The van der Waals surface area contributed by atoms with Gasteiger partial charge in [0.15, 0.2) is 46.5 Å². The molecule has 0 aliphatic heterocycles. The maximum absolute atomic E-state index is 14.5. The van der Waals surface area contributed by atoms with Gasteiger partial charge in [0.05, 0.1) is 25.3 Å². The van der Waals surface area contributed by atoms with Gasteiger partial charge in [0.25, 0.3) is 0 Å². The summed E-state index contributed by atoms with van der Waals surface area (Å²) in [6.07, 6.45) is 0.779. The number of carbonyl (C=O) groups is 2. The van der Waals surface area contributed by atoms with Crippen molar-refractivity contribution in [3.63, 3.8) is 0 Å². The molecule has 0 atom stereocenters. The fraction of sp³-hybridized carbons (Fsp3) is 0.143. The molecule has 2 aromatic rings. The molecule has 12 heteroatoms. The molecular weight excluding hydrogens is 468 g/mol. The minimum absolute atomic E-state index is 0.564. The molecule has 0 fully saturated rings. The smallest absolute Gasteiger partial charge is 0.344 e. The summed E-state index contributed by atoms with van der Waals surface area (Å²) in [6.45, 7) is 0. The third kappa shape index (κ3) is 3.64. The van der Waals surface area contributed by atoms with E-state index < -0.39 is 98.3 Å². The third-order valence-corrected chi connectivity index (χ3v) is 4.81. The van der Waals surface area contributed by atoms with E-state index >= 15 is 0 Å². The van der Waals surface area contributed by atoms with E-state index in [2.05, 4.69) is 9.47 Å². The molecule has 174 valence electrons. The minimum atomic E-state index is -2.08. The molecule has 4 nitrogen and oxygen atoms in total. The van der Waals surface area contributed by atoms with Gasteiger partial charge in [-0.25, -0.2) is 44.7 Å². The summed E-state index contributed by atoms with van der Waals surface area (Å²) in [5.74, 6) is -19.7. The van der Waals surface area contributed by atoms with Crippen LogP contribution >= 0.6 is 0 Å². The molecule has 0 aromatic heterocycles. The highest BCUT2D eigenvalue weighted by Crippen LogP contribution is 2.41. The SMILES string of the molecule is COC(=O)c1c(F)c(F)c(C2=CC=C(c3c(F)c(F)c(C(=O)OC)c(F)c3F)C2)c(F)c1F.